The molecule has 202 valence electrons. The van der Waals surface area contributed by atoms with E-state index < -0.39 is 18.0 Å². The predicted octanol–water partition coefficient (Wildman–Crippen LogP) is 6.51. The van der Waals surface area contributed by atoms with Crippen LogP contribution in [-0.4, -0.2) is 35.9 Å². The summed E-state index contributed by atoms with van der Waals surface area (Å²) < 4.78 is 11.0. The number of esters is 1. The molecular weight excluding hydrogens is 504 g/mol. The predicted molar refractivity (Wildman–Crippen MR) is 155 cm³/mol. The standard InChI is InChI=1S/C33H30N2O5/c1-20(36)23-8-6-10-25(19-23)34-32(37)21(2)40-33(38)30-27-11-4-5-13-29(27)35-31-24(9-7-12-28(30)31)18-22-14-16-26(39-3)17-15-22/h4-6,8,10-11,13-19,21H,7,9,12H2,1-3H3,(H,34,37)/b24-18+. The first-order valence-corrected chi connectivity index (χ1v) is 13.2. The van der Waals surface area contributed by atoms with E-state index in [1.807, 2.05) is 48.5 Å². The Labute approximate surface area is 232 Å². The molecule has 0 spiro atoms. The van der Waals surface area contributed by atoms with E-state index >= 15 is 0 Å². The molecule has 0 fully saturated rings. The van der Waals surface area contributed by atoms with E-state index in [9.17, 15) is 14.4 Å². The van der Waals surface area contributed by atoms with Crippen molar-refractivity contribution in [1.29, 1.82) is 0 Å². The lowest BCUT2D eigenvalue weighted by atomic mass is 9.86. The number of methoxy groups -OCH3 is 1. The highest BCUT2D eigenvalue weighted by molar-refractivity contribution is 6.08. The van der Waals surface area contributed by atoms with Gasteiger partial charge in [-0.25, -0.2) is 9.78 Å². The van der Waals surface area contributed by atoms with Gasteiger partial charge in [0, 0.05) is 16.6 Å². The summed E-state index contributed by atoms with van der Waals surface area (Å²) in [5, 5.41) is 3.43. The first-order valence-electron chi connectivity index (χ1n) is 13.2. The van der Waals surface area contributed by atoms with Gasteiger partial charge in [0.15, 0.2) is 11.9 Å². The molecule has 1 aromatic heterocycles. The van der Waals surface area contributed by atoms with Crippen LogP contribution in [0.25, 0.3) is 22.6 Å². The smallest absolute Gasteiger partial charge is 0.339 e. The Kier molecular flexibility index (Phi) is 7.73. The van der Waals surface area contributed by atoms with Crippen LogP contribution in [-0.2, 0) is 16.0 Å². The number of anilines is 1. The zero-order valence-corrected chi connectivity index (χ0v) is 22.7. The first-order chi connectivity index (χ1) is 19.3. The lowest BCUT2D eigenvalue weighted by Gasteiger charge is -2.23. The van der Waals surface area contributed by atoms with Crippen molar-refractivity contribution in [2.45, 2.75) is 39.2 Å². The molecule has 40 heavy (non-hydrogen) atoms. The van der Waals surface area contributed by atoms with Crippen molar-refractivity contribution in [3.8, 4) is 5.75 Å². The molecular formula is C33H30N2O5. The summed E-state index contributed by atoms with van der Waals surface area (Å²) in [6.45, 7) is 3.00. The van der Waals surface area contributed by atoms with Gasteiger partial charge < -0.3 is 14.8 Å². The molecule has 1 aliphatic rings. The average Bonchev–Trinajstić information content (AvgIpc) is 2.96. The highest BCUT2D eigenvalue weighted by atomic mass is 16.5. The summed E-state index contributed by atoms with van der Waals surface area (Å²) in [7, 11) is 1.64. The maximum Gasteiger partial charge on any atom is 0.339 e. The molecule has 1 heterocycles. The van der Waals surface area contributed by atoms with Crippen molar-refractivity contribution in [3.63, 3.8) is 0 Å². The number of pyridine rings is 1. The molecule has 0 bridgehead atoms. The summed E-state index contributed by atoms with van der Waals surface area (Å²) in [4.78, 5) is 43.2. The molecule has 0 aliphatic heterocycles. The number of Topliss-reactive ketones (excluding diaryl/α,β-unsaturated/α-hetero) is 1. The zero-order valence-electron chi connectivity index (χ0n) is 22.7. The van der Waals surface area contributed by atoms with E-state index in [-0.39, 0.29) is 5.78 Å². The minimum atomic E-state index is -1.06. The molecule has 0 saturated carbocycles. The Morgan fingerprint density at radius 3 is 2.50 bits per heavy atom. The Balaban J connectivity index is 1.46. The van der Waals surface area contributed by atoms with Crippen LogP contribution in [0.2, 0.25) is 0 Å². The van der Waals surface area contributed by atoms with Gasteiger partial charge in [0.05, 0.1) is 23.9 Å². The second kappa shape index (κ2) is 11.5. The largest absolute Gasteiger partial charge is 0.497 e. The Morgan fingerprint density at radius 2 is 1.75 bits per heavy atom. The lowest BCUT2D eigenvalue weighted by molar-refractivity contribution is -0.123. The highest BCUT2D eigenvalue weighted by Gasteiger charge is 2.28. The van der Waals surface area contributed by atoms with Crippen molar-refractivity contribution in [2.75, 3.05) is 12.4 Å². The Morgan fingerprint density at radius 1 is 0.975 bits per heavy atom. The molecule has 7 nitrogen and oxygen atoms in total. The summed E-state index contributed by atoms with van der Waals surface area (Å²) in [5.41, 5.74) is 5.75. The maximum absolute atomic E-state index is 13.7. The van der Waals surface area contributed by atoms with Gasteiger partial charge in [0.1, 0.15) is 5.75 Å². The van der Waals surface area contributed by atoms with Crippen molar-refractivity contribution < 1.29 is 23.9 Å². The summed E-state index contributed by atoms with van der Waals surface area (Å²) in [6, 6.07) is 21.9. The molecule has 0 saturated heterocycles. The van der Waals surface area contributed by atoms with Crippen LogP contribution < -0.4 is 10.1 Å². The van der Waals surface area contributed by atoms with Crippen molar-refractivity contribution in [3.05, 3.63) is 101 Å². The summed E-state index contributed by atoms with van der Waals surface area (Å²) in [5.74, 6) is -0.377. The number of hydrogen-bond acceptors (Lipinski definition) is 6. The van der Waals surface area contributed by atoms with Gasteiger partial charge in [-0.3, -0.25) is 9.59 Å². The number of para-hydroxylation sites is 1. The maximum atomic E-state index is 13.7. The molecule has 1 aliphatic carbocycles. The van der Waals surface area contributed by atoms with Crippen LogP contribution in [0.5, 0.6) is 5.75 Å². The fourth-order valence-corrected chi connectivity index (χ4v) is 4.94. The van der Waals surface area contributed by atoms with Gasteiger partial charge in [-0.05, 0) is 86.2 Å². The summed E-state index contributed by atoms with van der Waals surface area (Å²) in [6.07, 6.45) is 3.40. The molecule has 3 aromatic carbocycles. The fraction of sp³-hybridized carbons (Fsp3) is 0.212. The first kappa shape index (κ1) is 26.8. The number of carbonyl (C=O) groups is 3. The van der Waals surface area contributed by atoms with Gasteiger partial charge in [-0.15, -0.1) is 0 Å². The van der Waals surface area contributed by atoms with Crippen LogP contribution in [0.4, 0.5) is 5.69 Å². The minimum Gasteiger partial charge on any atom is -0.497 e. The number of allylic oxidation sites excluding steroid dienone is 1. The summed E-state index contributed by atoms with van der Waals surface area (Å²) >= 11 is 0. The number of fused-ring (bicyclic) bond motifs is 2. The molecule has 1 atom stereocenters. The quantitative estimate of drug-likeness (QED) is 0.215. The van der Waals surface area contributed by atoms with Gasteiger partial charge in [0.2, 0.25) is 0 Å². The SMILES string of the molecule is COc1ccc(/C=C2\CCCc3c2nc2ccccc2c3C(=O)OC(C)C(=O)Nc2cccc(C(C)=O)c2)cc1. The van der Waals surface area contributed by atoms with Gasteiger partial charge in [-0.2, -0.15) is 0 Å². The third kappa shape index (κ3) is 5.64. The Hall–Kier alpha value is -4.78. The van der Waals surface area contributed by atoms with E-state index in [2.05, 4.69) is 11.4 Å². The monoisotopic (exact) mass is 534 g/mol. The molecule has 0 radical (unpaired) electrons. The molecule has 7 heteroatoms. The number of benzene rings is 3. The molecule has 5 rings (SSSR count). The number of amides is 1. The minimum absolute atomic E-state index is 0.106. The second-order valence-electron chi connectivity index (χ2n) is 9.80. The second-order valence-corrected chi connectivity index (χ2v) is 9.80. The van der Waals surface area contributed by atoms with Crippen LogP contribution >= 0.6 is 0 Å². The number of nitrogens with zero attached hydrogens (tertiary/aromatic N) is 1. The number of nitrogens with one attached hydrogen (secondary N) is 1. The molecule has 1 N–H and O–H groups in total. The average molecular weight is 535 g/mol. The van der Waals surface area contributed by atoms with Crippen LogP contribution in [0, 0.1) is 0 Å². The van der Waals surface area contributed by atoms with E-state index in [0.717, 1.165) is 41.0 Å². The molecule has 1 unspecified atom stereocenters. The van der Waals surface area contributed by atoms with Crippen LogP contribution in [0.3, 0.4) is 0 Å². The Bertz CT molecular complexity index is 1640. The molecule has 4 aromatic rings. The van der Waals surface area contributed by atoms with E-state index in [4.69, 9.17) is 14.5 Å². The van der Waals surface area contributed by atoms with Gasteiger partial charge in [-0.1, -0.05) is 42.5 Å². The number of rotatable bonds is 7. The lowest BCUT2D eigenvalue weighted by Crippen LogP contribution is -2.30. The molecule has 1 amide bonds. The number of ketones is 1. The number of aromatic nitrogens is 1. The van der Waals surface area contributed by atoms with Crippen LogP contribution in [0.1, 0.15) is 64.2 Å². The number of carbonyl (C=O) groups excluding carboxylic acids is 3. The van der Waals surface area contributed by atoms with Crippen LogP contribution in [0.15, 0.2) is 72.8 Å². The van der Waals surface area contributed by atoms with Gasteiger partial charge in [0.25, 0.3) is 5.91 Å². The normalized spacial score (nSPS) is 14.3. The van der Waals surface area contributed by atoms with E-state index in [1.165, 1.54) is 13.8 Å². The third-order valence-electron chi connectivity index (χ3n) is 7.02. The van der Waals surface area contributed by atoms with E-state index in [0.29, 0.717) is 34.1 Å². The number of ether oxygens (including phenoxy) is 2. The van der Waals surface area contributed by atoms with Crippen molar-refractivity contribution in [2.24, 2.45) is 0 Å². The highest BCUT2D eigenvalue weighted by Crippen LogP contribution is 2.36. The zero-order chi connectivity index (χ0) is 28.2. The third-order valence-corrected chi connectivity index (χ3v) is 7.02. The van der Waals surface area contributed by atoms with Crippen molar-refractivity contribution in [1.82, 2.24) is 4.98 Å². The fourth-order valence-electron chi connectivity index (χ4n) is 4.94. The topological polar surface area (TPSA) is 94.6 Å². The van der Waals surface area contributed by atoms with Crippen molar-refractivity contribution >= 4 is 45.9 Å². The van der Waals surface area contributed by atoms with E-state index in [1.54, 1.807) is 31.4 Å². The van der Waals surface area contributed by atoms with Gasteiger partial charge >= 0.3 is 5.97 Å². The number of hydrogen-bond donors (Lipinski definition) is 1.